The first-order chi connectivity index (χ1) is 17.0. The molecule has 1 aromatic heterocycles. The number of hydrogen-bond donors (Lipinski definition) is 2. The average molecular weight is 497 g/mol. The van der Waals surface area contributed by atoms with Crippen LogP contribution in [-0.4, -0.2) is 73.5 Å². The molecular formula is C26H32N4O4S. The molecule has 8 nitrogen and oxygen atoms in total. The number of anilines is 1. The quantitative estimate of drug-likeness (QED) is 0.460. The van der Waals surface area contributed by atoms with Crippen LogP contribution in [0.1, 0.15) is 11.1 Å². The number of morpholine rings is 1. The molecule has 0 aliphatic carbocycles. The number of H-pyrrole nitrogens is 1. The number of rotatable bonds is 8. The maximum Gasteiger partial charge on any atom is 0.253 e. The largest absolute Gasteiger partial charge is 0.493 e. The molecule has 3 aromatic rings. The predicted molar refractivity (Wildman–Crippen MR) is 143 cm³/mol. The molecule has 0 saturated carbocycles. The Morgan fingerprint density at radius 2 is 1.89 bits per heavy atom. The number of benzene rings is 2. The van der Waals surface area contributed by atoms with Crippen molar-refractivity contribution in [2.75, 3.05) is 58.9 Å². The lowest BCUT2D eigenvalue weighted by Crippen LogP contribution is -2.44. The normalized spacial score (nSPS) is 14.0. The van der Waals surface area contributed by atoms with Crippen LogP contribution in [0.3, 0.4) is 0 Å². The van der Waals surface area contributed by atoms with E-state index in [9.17, 15) is 4.79 Å². The van der Waals surface area contributed by atoms with E-state index in [4.69, 9.17) is 26.4 Å². The minimum atomic E-state index is -0.153. The Hall–Kier alpha value is -3.14. The Morgan fingerprint density at radius 3 is 2.60 bits per heavy atom. The summed E-state index contributed by atoms with van der Waals surface area (Å²) >= 11 is 5.80. The lowest BCUT2D eigenvalue weighted by atomic mass is 10.1. The van der Waals surface area contributed by atoms with Gasteiger partial charge in [0.05, 0.1) is 39.5 Å². The second-order valence-electron chi connectivity index (χ2n) is 8.59. The summed E-state index contributed by atoms with van der Waals surface area (Å²) in [6.07, 6.45) is 0. The van der Waals surface area contributed by atoms with Crippen LogP contribution in [0, 0.1) is 6.92 Å². The fraction of sp³-hybridized carbons (Fsp3) is 0.385. The predicted octanol–water partition coefficient (Wildman–Crippen LogP) is 3.38. The van der Waals surface area contributed by atoms with Gasteiger partial charge in [0, 0.05) is 48.9 Å². The molecule has 0 bridgehead atoms. The fourth-order valence-electron chi connectivity index (χ4n) is 4.17. The summed E-state index contributed by atoms with van der Waals surface area (Å²) in [4.78, 5) is 20.4. The van der Waals surface area contributed by atoms with Crippen LogP contribution in [0.25, 0.3) is 10.9 Å². The first-order valence-electron chi connectivity index (χ1n) is 11.7. The minimum absolute atomic E-state index is 0.153. The van der Waals surface area contributed by atoms with E-state index >= 15 is 0 Å². The molecule has 1 aliphatic rings. The molecule has 35 heavy (non-hydrogen) atoms. The van der Waals surface area contributed by atoms with Gasteiger partial charge < -0.3 is 29.4 Å². The molecule has 1 fully saturated rings. The monoisotopic (exact) mass is 496 g/mol. The molecule has 0 spiro atoms. The maximum atomic E-state index is 13.0. The van der Waals surface area contributed by atoms with Crippen LogP contribution in [0.4, 0.5) is 5.69 Å². The number of nitrogens with zero attached hydrogens (tertiary/aromatic N) is 2. The molecule has 9 heteroatoms. The number of pyridine rings is 1. The topological polar surface area (TPSA) is 79.1 Å². The summed E-state index contributed by atoms with van der Waals surface area (Å²) in [6, 6.07) is 13.6. The summed E-state index contributed by atoms with van der Waals surface area (Å²) in [5.41, 5.74) is 3.24. The van der Waals surface area contributed by atoms with E-state index in [0.717, 1.165) is 49.5 Å². The molecule has 4 rings (SSSR count). The number of aryl methyl sites for hydroxylation is 1. The first-order valence-corrected chi connectivity index (χ1v) is 12.1. The van der Waals surface area contributed by atoms with Crippen molar-refractivity contribution in [3.05, 3.63) is 63.9 Å². The molecule has 0 amide bonds. The van der Waals surface area contributed by atoms with Crippen LogP contribution in [0.2, 0.25) is 0 Å². The number of methoxy groups -OCH3 is 2. The zero-order valence-corrected chi connectivity index (χ0v) is 21.2. The van der Waals surface area contributed by atoms with Crippen molar-refractivity contribution in [1.82, 2.24) is 14.8 Å². The summed E-state index contributed by atoms with van der Waals surface area (Å²) < 4.78 is 16.3. The lowest BCUT2D eigenvalue weighted by Gasteiger charge is -2.31. The Kier molecular flexibility index (Phi) is 8.22. The van der Waals surface area contributed by atoms with E-state index in [0.29, 0.717) is 40.8 Å². The molecular weight excluding hydrogens is 464 g/mol. The fourth-order valence-corrected chi connectivity index (χ4v) is 4.44. The van der Waals surface area contributed by atoms with Gasteiger partial charge in [-0.3, -0.25) is 9.69 Å². The van der Waals surface area contributed by atoms with Gasteiger partial charge in [-0.2, -0.15) is 0 Å². The van der Waals surface area contributed by atoms with E-state index in [1.54, 1.807) is 20.3 Å². The van der Waals surface area contributed by atoms with Crippen molar-refractivity contribution in [3.8, 4) is 11.5 Å². The molecule has 186 valence electrons. The molecule has 0 atom stereocenters. The van der Waals surface area contributed by atoms with Gasteiger partial charge >= 0.3 is 0 Å². The van der Waals surface area contributed by atoms with E-state index in [1.165, 1.54) is 0 Å². The lowest BCUT2D eigenvalue weighted by molar-refractivity contribution is 0.0358. The van der Waals surface area contributed by atoms with Crippen LogP contribution in [-0.2, 0) is 11.3 Å². The Bertz CT molecular complexity index is 1240. The molecule has 1 saturated heterocycles. The van der Waals surface area contributed by atoms with Gasteiger partial charge in [-0.15, -0.1) is 0 Å². The van der Waals surface area contributed by atoms with Crippen LogP contribution in [0.5, 0.6) is 11.5 Å². The third kappa shape index (κ3) is 6.30. The summed E-state index contributed by atoms with van der Waals surface area (Å²) in [6.45, 7) is 7.19. The van der Waals surface area contributed by atoms with Crippen molar-refractivity contribution in [2.45, 2.75) is 13.5 Å². The molecule has 0 unspecified atom stereocenters. The highest BCUT2D eigenvalue weighted by molar-refractivity contribution is 7.80. The highest BCUT2D eigenvalue weighted by atomic mass is 32.1. The van der Waals surface area contributed by atoms with Crippen LogP contribution >= 0.6 is 12.2 Å². The van der Waals surface area contributed by atoms with Gasteiger partial charge in [0.2, 0.25) is 0 Å². The SMILES string of the molecule is COc1cc2cc(CN(CCN3CCOCC3)C(=S)Nc3cccc(C)c3)c(=O)[nH]c2cc1OC. The summed E-state index contributed by atoms with van der Waals surface area (Å²) in [5.74, 6) is 1.18. The smallest absolute Gasteiger partial charge is 0.253 e. The van der Waals surface area contributed by atoms with E-state index in [1.807, 2.05) is 42.2 Å². The van der Waals surface area contributed by atoms with Crippen molar-refractivity contribution >= 4 is 33.9 Å². The summed E-state index contributed by atoms with van der Waals surface area (Å²) in [7, 11) is 3.17. The number of fused-ring (bicyclic) bond motifs is 1. The van der Waals surface area contributed by atoms with Gasteiger partial charge in [-0.05, 0) is 49.0 Å². The van der Waals surface area contributed by atoms with E-state index < -0.39 is 0 Å². The number of thiocarbonyl (C=S) groups is 1. The van der Waals surface area contributed by atoms with Gasteiger partial charge in [-0.1, -0.05) is 12.1 Å². The highest BCUT2D eigenvalue weighted by Gasteiger charge is 2.18. The van der Waals surface area contributed by atoms with Crippen molar-refractivity contribution in [1.29, 1.82) is 0 Å². The van der Waals surface area contributed by atoms with Gasteiger partial charge in [0.15, 0.2) is 16.6 Å². The zero-order valence-electron chi connectivity index (χ0n) is 20.4. The molecule has 2 aromatic carbocycles. The second kappa shape index (κ2) is 11.5. The summed E-state index contributed by atoms with van der Waals surface area (Å²) in [5, 5.41) is 4.79. The van der Waals surface area contributed by atoms with Crippen molar-refractivity contribution < 1.29 is 14.2 Å². The number of hydrogen-bond acceptors (Lipinski definition) is 6. The third-order valence-corrected chi connectivity index (χ3v) is 6.49. The van der Waals surface area contributed by atoms with Crippen molar-refractivity contribution in [3.63, 3.8) is 0 Å². The van der Waals surface area contributed by atoms with Gasteiger partial charge in [-0.25, -0.2) is 0 Å². The second-order valence-corrected chi connectivity index (χ2v) is 8.98. The minimum Gasteiger partial charge on any atom is -0.493 e. The van der Waals surface area contributed by atoms with Crippen molar-refractivity contribution in [2.24, 2.45) is 0 Å². The highest BCUT2D eigenvalue weighted by Crippen LogP contribution is 2.31. The van der Waals surface area contributed by atoms with Crippen LogP contribution in [0.15, 0.2) is 47.3 Å². The third-order valence-electron chi connectivity index (χ3n) is 6.13. The number of ether oxygens (including phenoxy) is 3. The van der Waals surface area contributed by atoms with Crippen LogP contribution < -0.4 is 20.3 Å². The van der Waals surface area contributed by atoms with Gasteiger partial charge in [0.25, 0.3) is 5.56 Å². The molecule has 2 N–H and O–H groups in total. The van der Waals surface area contributed by atoms with Gasteiger partial charge in [0.1, 0.15) is 0 Å². The van der Waals surface area contributed by atoms with E-state index in [-0.39, 0.29) is 5.56 Å². The molecule has 0 radical (unpaired) electrons. The first kappa shape index (κ1) is 25.0. The Morgan fingerprint density at radius 1 is 1.14 bits per heavy atom. The Labute approximate surface area is 210 Å². The van der Waals surface area contributed by atoms with E-state index in [2.05, 4.69) is 21.3 Å². The molecule has 2 heterocycles. The number of aromatic amines is 1. The standard InChI is InChI=1S/C26H32N4O4S/c1-18-5-4-6-21(13-18)27-26(35)30(8-7-29-9-11-34-12-10-29)17-20-14-19-15-23(32-2)24(33-3)16-22(19)28-25(20)31/h4-6,13-16H,7-12,17H2,1-3H3,(H,27,35)(H,28,31). The maximum absolute atomic E-state index is 13.0. The molecule has 1 aliphatic heterocycles. The number of nitrogens with one attached hydrogen (secondary N) is 2. The zero-order chi connectivity index (χ0) is 24.8. The Balaban J connectivity index is 1.59. The average Bonchev–Trinajstić information content (AvgIpc) is 2.86. The number of aromatic nitrogens is 1.